The van der Waals surface area contributed by atoms with Crippen molar-refractivity contribution in [3.8, 4) is 11.8 Å². The van der Waals surface area contributed by atoms with E-state index in [1.165, 1.54) is 5.01 Å². The highest BCUT2D eigenvalue weighted by molar-refractivity contribution is 7.80. The van der Waals surface area contributed by atoms with Crippen LogP contribution in [0, 0.1) is 11.3 Å². The van der Waals surface area contributed by atoms with Gasteiger partial charge in [0.1, 0.15) is 5.75 Å². The molecule has 0 fully saturated rings. The molecule has 0 aliphatic carbocycles. The summed E-state index contributed by atoms with van der Waals surface area (Å²) < 4.78 is 5.50. The van der Waals surface area contributed by atoms with Crippen molar-refractivity contribution in [1.29, 1.82) is 5.26 Å². The van der Waals surface area contributed by atoms with Crippen LogP contribution in [-0.4, -0.2) is 29.5 Å². The topological polar surface area (TPSA) is 74.6 Å². The molecule has 2 N–H and O–H groups in total. The van der Waals surface area contributed by atoms with Gasteiger partial charge in [-0.2, -0.15) is 10.4 Å². The van der Waals surface area contributed by atoms with Crippen molar-refractivity contribution in [3.63, 3.8) is 0 Å². The number of ether oxygens (including phenoxy) is 1. The van der Waals surface area contributed by atoms with Gasteiger partial charge in [-0.25, -0.2) is 5.01 Å². The van der Waals surface area contributed by atoms with Gasteiger partial charge in [-0.15, -0.1) is 0 Å². The maximum atomic E-state index is 8.56. The number of rotatable bonds is 7. The fourth-order valence-corrected chi connectivity index (χ4v) is 1.53. The van der Waals surface area contributed by atoms with Crippen LogP contribution in [0.2, 0.25) is 0 Å². The van der Waals surface area contributed by atoms with E-state index in [9.17, 15) is 0 Å². The van der Waals surface area contributed by atoms with Gasteiger partial charge < -0.3 is 10.5 Å². The molecule has 5 nitrogen and oxygen atoms in total. The van der Waals surface area contributed by atoms with Crippen LogP contribution in [0.3, 0.4) is 0 Å². The second-order valence-electron chi connectivity index (χ2n) is 4.03. The lowest BCUT2D eigenvalue weighted by Crippen LogP contribution is -2.31. The van der Waals surface area contributed by atoms with Crippen molar-refractivity contribution in [2.75, 3.05) is 13.2 Å². The van der Waals surface area contributed by atoms with Crippen LogP contribution in [0.4, 0.5) is 0 Å². The lowest BCUT2D eigenvalue weighted by Gasteiger charge is -2.14. The number of hydrazone groups is 1. The van der Waals surface area contributed by atoms with Crippen molar-refractivity contribution in [1.82, 2.24) is 5.01 Å². The van der Waals surface area contributed by atoms with E-state index in [0.717, 1.165) is 17.7 Å². The quantitative estimate of drug-likeness (QED) is 0.473. The first-order chi connectivity index (χ1) is 9.67. The van der Waals surface area contributed by atoms with E-state index < -0.39 is 0 Å². The molecular weight excluding hydrogens is 272 g/mol. The third-order valence-electron chi connectivity index (χ3n) is 2.39. The Hall–Kier alpha value is -2.13. The summed E-state index contributed by atoms with van der Waals surface area (Å²) in [4.78, 5) is 0. The van der Waals surface area contributed by atoms with Crippen LogP contribution in [-0.2, 0) is 0 Å². The third-order valence-corrected chi connectivity index (χ3v) is 2.60. The normalized spacial score (nSPS) is 10.2. The summed E-state index contributed by atoms with van der Waals surface area (Å²) in [6.07, 6.45) is 2.95. The molecular formula is C14H18N4OS. The molecule has 0 radical (unpaired) electrons. The first kappa shape index (κ1) is 15.9. The molecule has 0 bridgehead atoms. The summed E-state index contributed by atoms with van der Waals surface area (Å²) in [6.45, 7) is 3.16. The first-order valence-electron chi connectivity index (χ1n) is 6.38. The predicted molar refractivity (Wildman–Crippen MR) is 83.5 cm³/mol. The van der Waals surface area contributed by atoms with E-state index in [-0.39, 0.29) is 5.11 Å². The number of hydrogen-bond donors (Lipinski definition) is 1. The van der Waals surface area contributed by atoms with E-state index in [4.69, 9.17) is 28.0 Å². The molecule has 1 rings (SSSR count). The molecule has 1 aromatic rings. The Morgan fingerprint density at radius 1 is 1.50 bits per heavy atom. The maximum Gasteiger partial charge on any atom is 0.186 e. The fraction of sp³-hybridized carbons (Fsp3) is 0.357. The Morgan fingerprint density at radius 3 is 2.75 bits per heavy atom. The molecule has 1 aromatic carbocycles. The van der Waals surface area contributed by atoms with Crippen molar-refractivity contribution < 1.29 is 4.74 Å². The molecule has 0 saturated heterocycles. The van der Waals surface area contributed by atoms with Gasteiger partial charge in [-0.1, -0.05) is 6.92 Å². The summed E-state index contributed by atoms with van der Waals surface area (Å²) >= 11 is 4.87. The van der Waals surface area contributed by atoms with Crippen molar-refractivity contribution in [3.05, 3.63) is 29.8 Å². The zero-order valence-corrected chi connectivity index (χ0v) is 12.3. The van der Waals surface area contributed by atoms with Gasteiger partial charge in [0.2, 0.25) is 0 Å². The smallest absolute Gasteiger partial charge is 0.186 e. The Morgan fingerprint density at radius 2 is 2.20 bits per heavy atom. The highest BCUT2D eigenvalue weighted by atomic mass is 32.1. The SMILES string of the molecule is CCCOc1ccc(/C=N\N(CCC#N)C(N)=S)cc1. The summed E-state index contributed by atoms with van der Waals surface area (Å²) in [7, 11) is 0. The highest BCUT2D eigenvalue weighted by Gasteiger charge is 2.02. The van der Waals surface area contributed by atoms with Gasteiger partial charge in [-0.05, 0) is 48.5 Å². The number of nitrogens with zero attached hydrogens (tertiary/aromatic N) is 3. The monoisotopic (exact) mass is 290 g/mol. The summed E-state index contributed by atoms with van der Waals surface area (Å²) in [5, 5.41) is 14.3. The Bertz CT molecular complexity index is 493. The summed E-state index contributed by atoms with van der Waals surface area (Å²) in [5.41, 5.74) is 6.44. The summed E-state index contributed by atoms with van der Waals surface area (Å²) in [5.74, 6) is 0.833. The number of nitrogens with two attached hydrogens (primary N) is 1. The van der Waals surface area contributed by atoms with Crippen LogP contribution in [0.15, 0.2) is 29.4 Å². The lowest BCUT2D eigenvalue weighted by atomic mass is 10.2. The molecule has 0 saturated carbocycles. The molecule has 0 amide bonds. The van der Waals surface area contributed by atoms with E-state index in [1.807, 2.05) is 30.3 Å². The summed E-state index contributed by atoms with van der Waals surface area (Å²) in [6, 6.07) is 9.60. The highest BCUT2D eigenvalue weighted by Crippen LogP contribution is 2.11. The van der Waals surface area contributed by atoms with Crippen molar-refractivity contribution in [2.24, 2.45) is 10.8 Å². The largest absolute Gasteiger partial charge is 0.494 e. The first-order valence-corrected chi connectivity index (χ1v) is 6.79. The Labute approximate surface area is 124 Å². The van der Waals surface area contributed by atoms with Crippen LogP contribution >= 0.6 is 12.2 Å². The van der Waals surface area contributed by atoms with E-state index in [1.54, 1.807) is 6.21 Å². The average molecular weight is 290 g/mol. The number of thiocarbonyl (C=S) groups is 1. The molecule has 0 unspecified atom stereocenters. The van der Waals surface area contributed by atoms with Crippen LogP contribution in [0.5, 0.6) is 5.75 Å². The molecule has 0 heterocycles. The van der Waals surface area contributed by atoms with Crippen molar-refractivity contribution >= 4 is 23.5 Å². The molecule has 20 heavy (non-hydrogen) atoms. The van der Waals surface area contributed by atoms with E-state index in [2.05, 4.69) is 12.0 Å². The Balaban J connectivity index is 2.63. The number of benzene rings is 1. The second kappa shape index (κ2) is 8.88. The third kappa shape index (κ3) is 5.67. The standard InChI is InChI=1S/C14H18N4OS/c1-2-10-19-13-6-4-12(5-7-13)11-17-18(14(16)20)9-3-8-15/h4-7,11H,2-3,9-10H2,1H3,(H2,16,20)/b17-11-. The zero-order chi connectivity index (χ0) is 14.8. The fourth-order valence-electron chi connectivity index (χ4n) is 1.39. The molecule has 6 heteroatoms. The molecule has 0 aromatic heterocycles. The van der Waals surface area contributed by atoms with Crippen molar-refractivity contribution in [2.45, 2.75) is 19.8 Å². The molecule has 0 aliphatic rings. The van der Waals surface area contributed by atoms with Gasteiger partial charge in [0.05, 0.1) is 31.9 Å². The minimum Gasteiger partial charge on any atom is -0.494 e. The number of hydrogen-bond acceptors (Lipinski definition) is 4. The molecule has 106 valence electrons. The lowest BCUT2D eigenvalue weighted by molar-refractivity contribution is 0.317. The van der Waals surface area contributed by atoms with Gasteiger partial charge in [-0.3, -0.25) is 0 Å². The minimum absolute atomic E-state index is 0.152. The van der Waals surface area contributed by atoms with Gasteiger partial charge in [0, 0.05) is 0 Å². The predicted octanol–water partition coefficient (Wildman–Crippen LogP) is 2.27. The Kier molecular flexibility index (Phi) is 7.07. The average Bonchev–Trinajstić information content (AvgIpc) is 2.46. The minimum atomic E-state index is 0.152. The van der Waals surface area contributed by atoms with Crippen LogP contribution < -0.4 is 10.5 Å². The van der Waals surface area contributed by atoms with Crippen LogP contribution in [0.25, 0.3) is 0 Å². The van der Waals surface area contributed by atoms with Gasteiger partial charge in [0.25, 0.3) is 0 Å². The second-order valence-corrected chi connectivity index (χ2v) is 4.45. The zero-order valence-electron chi connectivity index (χ0n) is 11.5. The van der Waals surface area contributed by atoms with Crippen LogP contribution in [0.1, 0.15) is 25.3 Å². The number of nitriles is 1. The van der Waals surface area contributed by atoms with E-state index in [0.29, 0.717) is 19.6 Å². The van der Waals surface area contributed by atoms with Gasteiger partial charge >= 0.3 is 0 Å². The molecule has 0 atom stereocenters. The van der Waals surface area contributed by atoms with E-state index >= 15 is 0 Å². The maximum absolute atomic E-state index is 8.56. The van der Waals surface area contributed by atoms with Gasteiger partial charge in [0.15, 0.2) is 5.11 Å². The molecule has 0 spiro atoms. The molecule has 0 aliphatic heterocycles.